The van der Waals surface area contributed by atoms with Gasteiger partial charge in [0.1, 0.15) is 0 Å². The molecule has 0 saturated carbocycles. The normalized spacial score (nSPS) is 23.2. The largest absolute Gasteiger partial charge is 0.364 e. The summed E-state index contributed by atoms with van der Waals surface area (Å²) in [4.78, 5) is 16.1. The summed E-state index contributed by atoms with van der Waals surface area (Å²) in [6.07, 6.45) is -0.631. The van der Waals surface area contributed by atoms with Crippen molar-refractivity contribution in [3.8, 4) is 0 Å². The number of carbonyl (C=O) groups excluding carboxylic acids is 1. The highest BCUT2D eigenvalue weighted by molar-refractivity contribution is 6.42. The Hall–Kier alpha value is -1.01. The Morgan fingerprint density at radius 2 is 2.17 bits per heavy atom. The summed E-state index contributed by atoms with van der Waals surface area (Å²) in [5.41, 5.74) is 7.42. The summed E-state index contributed by atoms with van der Waals surface area (Å²) >= 11 is 12.2. The molecule has 2 atom stereocenters. The van der Waals surface area contributed by atoms with Gasteiger partial charge in [0.2, 0.25) is 0 Å². The molecule has 0 radical (unpaired) electrons. The maximum Gasteiger partial charge on any atom is 0.322 e. The van der Waals surface area contributed by atoms with Gasteiger partial charge in [-0.2, -0.15) is 0 Å². The van der Waals surface area contributed by atoms with Crippen LogP contribution in [0, 0.1) is 0 Å². The van der Waals surface area contributed by atoms with E-state index in [-0.39, 0.29) is 6.04 Å². The molecule has 1 aromatic rings. The summed E-state index contributed by atoms with van der Waals surface area (Å²) < 4.78 is 0. The number of benzene rings is 1. The Labute approximate surface area is 115 Å². The van der Waals surface area contributed by atoms with Crippen molar-refractivity contribution in [3.05, 3.63) is 27.7 Å². The van der Waals surface area contributed by atoms with Gasteiger partial charge in [0.25, 0.3) is 0 Å². The number of hydrogen-bond donors (Lipinski definition) is 2. The first-order chi connectivity index (χ1) is 8.41. The summed E-state index contributed by atoms with van der Waals surface area (Å²) in [7, 11) is 0. The first-order valence-corrected chi connectivity index (χ1v) is 6.14. The molecule has 0 aromatic heterocycles. The first kappa shape index (κ1) is 13.4. The van der Waals surface area contributed by atoms with E-state index < -0.39 is 12.3 Å². The maximum atomic E-state index is 11.1. The minimum Gasteiger partial charge on any atom is -0.364 e. The number of halogens is 2. The Morgan fingerprint density at radius 3 is 2.78 bits per heavy atom. The predicted molar refractivity (Wildman–Crippen MR) is 70.1 cm³/mol. The van der Waals surface area contributed by atoms with Crippen molar-refractivity contribution < 1.29 is 9.63 Å². The fraction of sp³-hybridized carbons (Fsp3) is 0.364. The monoisotopic (exact) mass is 289 g/mol. The Kier molecular flexibility index (Phi) is 3.68. The maximum absolute atomic E-state index is 11.1. The highest BCUT2D eigenvalue weighted by Gasteiger charge is 2.34. The third-order valence-corrected chi connectivity index (χ3v) is 3.56. The number of carbonyl (C=O) groups is 1. The molecular weight excluding hydrogens is 277 g/mol. The molecule has 7 heteroatoms. The van der Waals surface area contributed by atoms with Gasteiger partial charge in [-0.1, -0.05) is 28.3 Å². The molecule has 18 heavy (non-hydrogen) atoms. The van der Waals surface area contributed by atoms with Crippen molar-refractivity contribution in [1.82, 2.24) is 5.06 Å². The van der Waals surface area contributed by atoms with E-state index in [9.17, 15) is 4.79 Å². The molecule has 0 bridgehead atoms. The van der Waals surface area contributed by atoms with Crippen molar-refractivity contribution >= 4 is 34.9 Å². The van der Waals surface area contributed by atoms with Gasteiger partial charge >= 0.3 is 5.97 Å². The number of hydroxylamine groups is 2. The van der Waals surface area contributed by atoms with Crippen molar-refractivity contribution in [2.24, 2.45) is 5.73 Å². The Bertz CT molecular complexity index is 495. The number of nitrogens with two attached hydrogens (primary N) is 1. The SMILES string of the molecule is CC(=O)ON1C(N)Nc2ccc(Cl)c(Cl)c2C1C. The van der Waals surface area contributed by atoms with E-state index in [1.54, 1.807) is 12.1 Å². The molecule has 1 aliphatic heterocycles. The third kappa shape index (κ3) is 2.27. The van der Waals surface area contributed by atoms with Crippen LogP contribution in [0.5, 0.6) is 0 Å². The highest BCUT2D eigenvalue weighted by Crippen LogP contribution is 2.41. The molecule has 0 fully saturated rings. The zero-order valence-electron chi connectivity index (χ0n) is 9.91. The second-order valence-electron chi connectivity index (χ2n) is 4.03. The van der Waals surface area contributed by atoms with Crippen molar-refractivity contribution in [2.45, 2.75) is 26.2 Å². The van der Waals surface area contributed by atoms with Crippen LogP contribution in [-0.4, -0.2) is 17.3 Å². The molecule has 5 nitrogen and oxygen atoms in total. The lowest BCUT2D eigenvalue weighted by Crippen LogP contribution is -2.52. The van der Waals surface area contributed by atoms with Crippen LogP contribution >= 0.6 is 23.2 Å². The lowest BCUT2D eigenvalue weighted by Gasteiger charge is -2.38. The van der Waals surface area contributed by atoms with Gasteiger partial charge in [-0.25, -0.2) is 0 Å². The van der Waals surface area contributed by atoms with Crippen molar-refractivity contribution in [3.63, 3.8) is 0 Å². The minimum atomic E-state index is -0.631. The number of nitrogens with one attached hydrogen (secondary N) is 1. The molecule has 0 spiro atoms. The molecule has 2 rings (SSSR count). The first-order valence-electron chi connectivity index (χ1n) is 5.38. The molecule has 2 unspecified atom stereocenters. The van der Waals surface area contributed by atoms with E-state index in [0.717, 1.165) is 11.3 Å². The number of anilines is 1. The van der Waals surface area contributed by atoms with Gasteiger partial charge in [-0.05, 0) is 19.1 Å². The molecule has 3 N–H and O–H groups in total. The van der Waals surface area contributed by atoms with Crippen LogP contribution < -0.4 is 11.1 Å². The van der Waals surface area contributed by atoms with E-state index in [1.165, 1.54) is 12.0 Å². The zero-order valence-corrected chi connectivity index (χ0v) is 11.4. The van der Waals surface area contributed by atoms with Crippen LogP contribution in [0.3, 0.4) is 0 Å². The van der Waals surface area contributed by atoms with Crippen LogP contribution in [0.2, 0.25) is 10.0 Å². The van der Waals surface area contributed by atoms with E-state index in [4.69, 9.17) is 33.8 Å². The third-order valence-electron chi connectivity index (χ3n) is 2.74. The second kappa shape index (κ2) is 4.93. The molecular formula is C11H13Cl2N3O2. The fourth-order valence-electron chi connectivity index (χ4n) is 1.98. The van der Waals surface area contributed by atoms with Gasteiger partial charge in [0.05, 0.1) is 16.1 Å². The van der Waals surface area contributed by atoms with E-state index in [1.807, 2.05) is 6.92 Å². The molecule has 1 aromatic carbocycles. The predicted octanol–water partition coefficient (Wildman–Crippen LogP) is 2.50. The smallest absolute Gasteiger partial charge is 0.322 e. The molecule has 0 saturated heterocycles. The summed E-state index contributed by atoms with van der Waals surface area (Å²) in [5.74, 6) is -0.444. The van der Waals surface area contributed by atoms with Crippen molar-refractivity contribution in [1.29, 1.82) is 0 Å². The fourth-order valence-corrected chi connectivity index (χ4v) is 2.46. The summed E-state index contributed by atoms with van der Waals surface area (Å²) in [6, 6.07) is 3.20. The van der Waals surface area contributed by atoms with Crippen LogP contribution in [0.1, 0.15) is 25.5 Å². The molecule has 0 amide bonds. The average molecular weight is 290 g/mol. The molecule has 0 aliphatic carbocycles. The Morgan fingerprint density at radius 1 is 1.50 bits per heavy atom. The van der Waals surface area contributed by atoms with Gasteiger partial charge in [-0.15, -0.1) is 0 Å². The van der Waals surface area contributed by atoms with Gasteiger partial charge in [0, 0.05) is 18.2 Å². The number of rotatable bonds is 1. The zero-order chi connectivity index (χ0) is 13.4. The van der Waals surface area contributed by atoms with Crippen molar-refractivity contribution in [2.75, 3.05) is 5.32 Å². The van der Waals surface area contributed by atoms with Gasteiger partial charge < -0.3 is 10.2 Å². The lowest BCUT2D eigenvalue weighted by molar-refractivity contribution is -0.211. The lowest BCUT2D eigenvalue weighted by atomic mass is 10.0. The van der Waals surface area contributed by atoms with E-state index in [0.29, 0.717) is 10.0 Å². The van der Waals surface area contributed by atoms with Gasteiger partial charge in [-0.3, -0.25) is 10.5 Å². The summed E-state index contributed by atoms with van der Waals surface area (Å²) in [6.45, 7) is 3.15. The minimum absolute atomic E-state index is 0.286. The topological polar surface area (TPSA) is 67.6 Å². The Balaban J connectivity index is 2.44. The van der Waals surface area contributed by atoms with Gasteiger partial charge in [0.15, 0.2) is 6.29 Å². The van der Waals surface area contributed by atoms with Crippen LogP contribution in [0.4, 0.5) is 5.69 Å². The number of hydrogen-bond acceptors (Lipinski definition) is 5. The average Bonchev–Trinajstić information content (AvgIpc) is 2.29. The van der Waals surface area contributed by atoms with E-state index in [2.05, 4.69) is 5.32 Å². The quantitative estimate of drug-likeness (QED) is 0.831. The number of fused-ring (bicyclic) bond motifs is 1. The standard InChI is InChI=1S/C11H13Cl2N3O2/c1-5-9-8(4-3-7(12)10(9)13)15-11(14)16(5)18-6(2)17/h3-5,11,15H,14H2,1-2H3. The van der Waals surface area contributed by atoms with Crippen LogP contribution in [0.15, 0.2) is 12.1 Å². The second-order valence-corrected chi connectivity index (χ2v) is 4.82. The molecule has 98 valence electrons. The van der Waals surface area contributed by atoms with E-state index >= 15 is 0 Å². The van der Waals surface area contributed by atoms with Crippen LogP contribution in [0.25, 0.3) is 0 Å². The number of nitrogens with zero attached hydrogens (tertiary/aromatic N) is 1. The molecule has 1 heterocycles. The van der Waals surface area contributed by atoms with Crippen LogP contribution in [-0.2, 0) is 9.63 Å². The highest BCUT2D eigenvalue weighted by atomic mass is 35.5. The summed E-state index contributed by atoms with van der Waals surface area (Å²) in [5, 5.41) is 5.23. The molecule has 1 aliphatic rings.